The zero-order valence-electron chi connectivity index (χ0n) is 5.07. The van der Waals surface area contributed by atoms with Crippen molar-refractivity contribution < 1.29 is 5.11 Å². The first kappa shape index (κ1) is 9.83. The summed E-state index contributed by atoms with van der Waals surface area (Å²) in [5.74, 6) is 0.0703. The second kappa shape index (κ2) is 3.87. The minimum atomic E-state index is -1.08. The van der Waals surface area contributed by atoms with E-state index in [4.69, 9.17) is 39.9 Å². The summed E-state index contributed by atoms with van der Waals surface area (Å²) in [5, 5.41) is 8.99. The molecule has 1 N–H and O–H groups in total. The molecular formula is C5H9Cl3O. The number of rotatable bonds is 3. The van der Waals surface area contributed by atoms with Gasteiger partial charge in [-0.15, -0.1) is 11.6 Å². The SMILES string of the molecule is CCC(Cl)(Cl)C(O)CCl. The Balaban J connectivity index is 3.80. The molecule has 0 heterocycles. The van der Waals surface area contributed by atoms with E-state index in [1.165, 1.54) is 0 Å². The minimum Gasteiger partial charge on any atom is -0.389 e. The molecule has 1 atom stereocenters. The monoisotopic (exact) mass is 190 g/mol. The second-order valence-corrected chi connectivity index (χ2v) is 3.64. The third kappa shape index (κ3) is 2.94. The molecule has 0 saturated heterocycles. The highest BCUT2D eigenvalue weighted by Crippen LogP contribution is 2.29. The topological polar surface area (TPSA) is 20.2 Å². The van der Waals surface area contributed by atoms with Crippen LogP contribution in [0.4, 0.5) is 0 Å². The number of hydrogen-bond donors (Lipinski definition) is 1. The van der Waals surface area contributed by atoms with Gasteiger partial charge in [0.05, 0.1) is 5.88 Å². The summed E-state index contributed by atoms with van der Waals surface area (Å²) in [5.41, 5.74) is 0. The van der Waals surface area contributed by atoms with Gasteiger partial charge in [-0.05, 0) is 6.42 Å². The van der Waals surface area contributed by atoms with E-state index >= 15 is 0 Å². The lowest BCUT2D eigenvalue weighted by Crippen LogP contribution is -2.31. The molecule has 1 nitrogen and oxygen atoms in total. The Morgan fingerprint density at radius 2 is 2.00 bits per heavy atom. The van der Waals surface area contributed by atoms with Gasteiger partial charge in [0.1, 0.15) is 10.4 Å². The normalized spacial score (nSPS) is 15.7. The Morgan fingerprint density at radius 3 is 2.11 bits per heavy atom. The molecule has 0 aliphatic rings. The van der Waals surface area contributed by atoms with Gasteiger partial charge < -0.3 is 5.11 Å². The first-order valence-corrected chi connectivity index (χ1v) is 3.95. The summed E-state index contributed by atoms with van der Waals surface area (Å²) in [6.07, 6.45) is -0.350. The second-order valence-electron chi connectivity index (χ2n) is 1.78. The van der Waals surface area contributed by atoms with Crippen molar-refractivity contribution in [2.45, 2.75) is 23.8 Å². The van der Waals surface area contributed by atoms with Crippen molar-refractivity contribution in [3.8, 4) is 0 Å². The van der Waals surface area contributed by atoms with Gasteiger partial charge in [-0.2, -0.15) is 0 Å². The summed E-state index contributed by atoms with van der Waals surface area (Å²) in [4.78, 5) is 0. The molecule has 0 spiro atoms. The predicted octanol–water partition coefficient (Wildman–Crippen LogP) is 2.17. The Hall–Kier alpha value is 0.830. The zero-order valence-corrected chi connectivity index (χ0v) is 7.34. The van der Waals surface area contributed by atoms with Crippen LogP contribution >= 0.6 is 34.8 Å². The van der Waals surface area contributed by atoms with Crippen LogP contribution in [0, 0.1) is 0 Å². The van der Waals surface area contributed by atoms with Crippen LogP contribution in [0.3, 0.4) is 0 Å². The van der Waals surface area contributed by atoms with E-state index in [1.54, 1.807) is 6.92 Å². The quantitative estimate of drug-likeness (QED) is 0.678. The van der Waals surface area contributed by atoms with E-state index in [0.717, 1.165) is 0 Å². The standard InChI is InChI=1S/C5H9Cl3O/c1-2-5(7,8)4(9)3-6/h4,9H,2-3H2,1H3. The number of aliphatic hydroxyl groups excluding tert-OH is 1. The van der Waals surface area contributed by atoms with Gasteiger partial charge in [-0.3, -0.25) is 0 Å². The van der Waals surface area contributed by atoms with E-state index in [2.05, 4.69) is 0 Å². The molecule has 0 aliphatic carbocycles. The van der Waals surface area contributed by atoms with Crippen molar-refractivity contribution in [1.29, 1.82) is 0 Å². The van der Waals surface area contributed by atoms with E-state index in [0.29, 0.717) is 6.42 Å². The number of hydrogen-bond acceptors (Lipinski definition) is 1. The first-order valence-electron chi connectivity index (χ1n) is 2.66. The van der Waals surface area contributed by atoms with Gasteiger partial charge in [-0.1, -0.05) is 30.1 Å². The van der Waals surface area contributed by atoms with Gasteiger partial charge in [-0.25, -0.2) is 0 Å². The number of aliphatic hydroxyl groups is 1. The summed E-state index contributed by atoms with van der Waals surface area (Å²) < 4.78 is -1.08. The minimum absolute atomic E-state index is 0.0703. The average molecular weight is 191 g/mol. The molecule has 0 bridgehead atoms. The van der Waals surface area contributed by atoms with E-state index in [-0.39, 0.29) is 5.88 Å². The highest BCUT2D eigenvalue weighted by molar-refractivity contribution is 6.49. The largest absolute Gasteiger partial charge is 0.389 e. The fraction of sp³-hybridized carbons (Fsp3) is 1.00. The van der Waals surface area contributed by atoms with E-state index in [1.807, 2.05) is 0 Å². The van der Waals surface area contributed by atoms with Crippen molar-refractivity contribution in [3.05, 3.63) is 0 Å². The molecule has 4 heteroatoms. The number of halogens is 3. The number of alkyl halides is 3. The molecule has 0 radical (unpaired) electrons. The zero-order chi connectivity index (χ0) is 7.49. The molecule has 9 heavy (non-hydrogen) atoms. The molecule has 0 rings (SSSR count). The van der Waals surface area contributed by atoms with E-state index < -0.39 is 10.4 Å². The molecule has 0 aliphatic heterocycles. The highest BCUT2D eigenvalue weighted by atomic mass is 35.5. The van der Waals surface area contributed by atoms with Gasteiger partial charge in [0.2, 0.25) is 0 Å². The first-order chi connectivity index (χ1) is 4.04. The third-order valence-electron chi connectivity index (χ3n) is 1.11. The molecule has 0 aromatic rings. The van der Waals surface area contributed by atoms with Crippen molar-refractivity contribution in [1.82, 2.24) is 0 Å². The summed E-state index contributed by atoms with van der Waals surface area (Å²) >= 11 is 16.5. The van der Waals surface area contributed by atoms with E-state index in [9.17, 15) is 0 Å². The summed E-state index contributed by atoms with van der Waals surface area (Å²) in [6.45, 7) is 1.79. The molecule has 56 valence electrons. The summed E-state index contributed by atoms with van der Waals surface area (Å²) in [6, 6.07) is 0. The lowest BCUT2D eigenvalue weighted by Gasteiger charge is -2.21. The highest BCUT2D eigenvalue weighted by Gasteiger charge is 2.30. The molecule has 0 fully saturated rings. The fourth-order valence-corrected chi connectivity index (χ4v) is 0.924. The third-order valence-corrected chi connectivity index (χ3v) is 2.44. The van der Waals surface area contributed by atoms with Gasteiger partial charge in [0.25, 0.3) is 0 Å². The molecule has 0 amide bonds. The van der Waals surface area contributed by atoms with Crippen LogP contribution in [0.5, 0.6) is 0 Å². The molecule has 1 unspecified atom stereocenters. The van der Waals surface area contributed by atoms with Crippen LogP contribution in [0.25, 0.3) is 0 Å². The average Bonchev–Trinajstić information content (AvgIpc) is 1.86. The van der Waals surface area contributed by atoms with Gasteiger partial charge in [0.15, 0.2) is 0 Å². The Bertz CT molecular complexity index is 84.3. The van der Waals surface area contributed by atoms with Crippen molar-refractivity contribution in [3.63, 3.8) is 0 Å². The Kier molecular flexibility index (Phi) is 4.22. The lowest BCUT2D eigenvalue weighted by molar-refractivity contribution is 0.176. The van der Waals surface area contributed by atoms with Crippen LogP contribution in [-0.2, 0) is 0 Å². The molecular weight excluding hydrogens is 182 g/mol. The van der Waals surface area contributed by atoms with Gasteiger partial charge in [0, 0.05) is 0 Å². The van der Waals surface area contributed by atoms with Crippen LogP contribution in [0.2, 0.25) is 0 Å². The maximum absolute atomic E-state index is 8.99. The van der Waals surface area contributed by atoms with Gasteiger partial charge >= 0.3 is 0 Å². The maximum Gasteiger partial charge on any atom is 0.144 e. The van der Waals surface area contributed by atoms with Crippen LogP contribution in [0.15, 0.2) is 0 Å². The molecule has 0 aromatic heterocycles. The summed E-state index contributed by atoms with van der Waals surface area (Å²) in [7, 11) is 0. The fourth-order valence-electron chi connectivity index (χ4n) is 0.349. The lowest BCUT2D eigenvalue weighted by atomic mass is 10.2. The molecule has 0 aromatic carbocycles. The maximum atomic E-state index is 8.99. The van der Waals surface area contributed by atoms with Crippen LogP contribution in [-0.4, -0.2) is 21.4 Å². The van der Waals surface area contributed by atoms with Crippen molar-refractivity contribution in [2.24, 2.45) is 0 Å². The van der Waals surface area contributed by atoms with Crippen LogP contribution < -0.4 is 0 Å². The van der Waals surface area contributed by atoms with Crippen molar-refractivity contribution in [2.75, 3.05) is 5.88 Å². The van der Waals surface area contributed by atoms with Crippen molar-refractivity contribution >= 4 is 34.8 Å². The molecule has 0 saturated carbocycles. The Labute approximate surface area is 69.9 Å². The smallest absolute Gasteiger partial charge is 0.144 e. The predicted molar refractivity (Wildman–Crippen MR) is 41.5 cm³/mol. The Morgan fingerprint density at radius 1 is 1.56 bits per heavy atom. The van der Waals surface area contributed by atoms with Crippen LogP contribution in [0.1, 0.15) is 13.3 Å².